The first-order valence-corrected chi connectivity index (χ1v) is 7.70. The second kappa shape index (κ2) is 8.59. The van der Waals surface area contributed by atoms with Crippen LogP contribution >= 0.6 is 0 Å². The summed E-state index contributed by atoms with van der Waals surface area (Å²) in [5.74, 6) is 1.64. The first-order chi connectivity index (χ1) is 11.7. The Morgan fingerprint density at radius 1 is 1.25 bits per heavy atom. The fraction of sp³-hybridized carbons (Fsp3) is 0.263. The number of para-hydroxylation sites is 1. The molecular weight excluding hydrogens is 300 g/mol. The van der Waals surface area contributed by atoms with Gasteiger partial charge in [0.25, 0.3) is 0 Å². The third-order valence-electron chi connectivity index (χ3n) is 3.68. The third kappa shape index (κ3) is 4.50. The van der Waals surface area contributed by atoms with Crippen molar-refractivity contribution in [3.05, 3.63) is 65.2 Å². The van der Waals surface area contributed by atoms with Gasteiger partial charge < -0.3 is 15.0 Å². The third-order valence-corrected chi connectivity index (χ3v) is 3.68. The number of methoxy groups -OCH3 is 1. The lowest BCUT2D eigenvalue weighted by molar-refractivity contribution is 0.396. The Morgan fingerprint density at radius 3 is 2.75 bits per heavy atom. The molecule has 124 valence electrons. The number of nitrogens with zero attached hydrogens (tertiary/aromatic N) is 3. The standard InChI is InChI=1S/C19H22N4O/c1-21-19(22-13-16-8-6-7-15(11-16)12-20)23(2)14-17-9-4-5-10-18(17)24-3/h4-11H,13-14H2,1-3H3,(H,21,22). The number of hydrogen-bond acceptors (Lipinski definition) is 3. The Balaban J connectivity index is 2.01. The van der Waals surface area contributed by atoms with Gasteiger partial charge in [-0.2, -0.15) is 5.26 Å². The molecule has 0 atom stereocenters. The molecule has 24 heavy (non-hydrogen) atoms. The minimum Gasteiger partial charge on any atom is -0.496 e. The van der Waals surface area contributed by atoms with Crippen molar-refractivity contribution >= 4 is 5.96 Å². The van der Waals surface area contributed by atoms with Crippen molar-refractivity contribution in [3.63, 3.8) is 0 Å². The summed E-state index contributed by atoms with van der Waals surface area (Å²) in [5.41, 5.74) is 2.80. The fourth-order valence-electron chi connectivity index (χ4n) is 2.48. The van der Waals surface area contributed by atoms with Gasteiger partial charge in [0.15, 0.2) is 5.96 Å². The van der Waals surface area contributed by atoms with E-state index < -0.39 is 0 Å². The van der Waals surface area contributed by atoms with Crippen molar-refractivity contribution in [2.24, 2.45) is 4.99 Å². The van der Waals surface area contributed by atoms with E-state index in [1.165, 1.54) is 0 Å². The summed E-state index contributed by atoms with van der Waals surface area (Å²) < 4.78 is 5.40. The number of benzene rings is 2. The summed E-state index contributed by atoms with van der Waals surface area (Å²) in [4.78, 5) is 6.36. The van der Waals surface area contributed by atoms with Gasteiger partial charge in [-0.05, 0) is 23.8 Å². The molecule has 2 aromatic rings. The Morgan fingerprint density at radius 2 is 2.04 bits per heavy atom. The Hall–Kier alpha value is -3.00. The number of aliphatic imine (C=N–C) groups is 1. The van der Waals surface area contributed by atoms with E-state index in [0.29, 0.717) is 18.7 Å². The molecule has 0 aliphatic rings. The lowest BCUT2D eigenvalue weighted by atomic mass is 10.1. The SMILES string of the molecule is CN=C(NCc1cccc(C#N)c1)N(C)Cc1ccccc1OC. The highest BCUT2D eigenvalue weighted by atomic mass is 16.5. The zero-order chi connectivity index (χ0) is 17.4. The van der Waals surface area contributed by atoms with Crippen molar-refractivity contribution in [2.75, 3.05) is 21.2 Å². The minimum absolute atomic E-state index is 0.610. The Bertz CT molecular complexity index is 749. The van der Waals surface area contributed by atoms with Crippen LogP contribution in [-0.4, -0.2) is 32.1 Å². The molecule has 1 N–H and O–H groups in total. The first kappa shape index (κ1) is 17.4. The van der Waals surface area contributed by atoms with Gasteiger partial charge in [0, 0.05) is 32.7 Å². The van der Waals surface area contributed by atoms with E-state index in [0.717, 1.165) is 22.8 Å². The molecule has 0 saturated heterocycles. The molecule has 2 rings (SSSR count). The molecule has 0 unspecified atom stereocenters. The Labute approximate surface area is 143 Å². The number of guanidine groups is 1. The van der Waals surface area contributed by atoms with Crippen LogP contribution < -0.4 is 10.1 Å². The van der Waals surface area contributed by atoms with Crippen LogP contribution in [0.25, 0.3) is 0 Å². The molecule has 5 heteroatoms. The van der Waals surface area contributed by atoms with Gasteiger partial charge >= 0.3 is 0 Å². The molecule has 0 saturated carbocycles. The van der Waals surface area contributed by atoms with Gasteiger partial charge in [-0.3, -0.25) is 4.99 Å². The molecule has 0 heterocycles. The van der Waals surface area contributed by atoms with Crippen LogP contribution in [0.3, 0.4) is 0 Å². The number of ether oxygens (including phenoxy) is 1. The van der Waals surface area contributed by atoms with E-state index in [2.05, 4.69) is 16.4 Å². The van der Waals surface area contributed by atoms with Crippen LogP contribution in [0, 0.1) is 11.3 Å². The highest BCUT2D eigenvalue weighted by Crippen LogP contribution is 2.18. The van der Waals surface area contributed by atoms with Crippen LogP contribution in [0.1, 0.15) is 16.7 Å². The molecule has 2 aromatic carbocycles. The van der Waals surface area contributed by atoms with Crippen LogP contribution in [0.15, 0.2) is 53.5 Å². The van der Waals surface area contributed by atoms with Gasteiger partial charge in [0.1, 0.15) is 5.75 Å². The Kier molecular flexibility index (Phi) is 6.21. The zero-order valence-corrected chi connectivity index (χ0v) is 14.3. The highest BCUT2D eigenvalue weighted by Gasteiger charge is 2.09. The second-order valence-corrected chi connectivity index (χ2v) is 5.38. The monoisotopic (exact) mass is 322 g/mol. The van der Waals surface area contributed by atoms with Gasteiger partial charge in [0.05, 0.1) is 18.7 Å². The first-order valence-electron chi connectivity index (χ1n) is 7.70. The maximum absolute atomic E-state index is 8.97. The molecular formula is C19H22N4O. The van der Waals surface area contributed by atoms with Gasteiger partial charge in [-0.15, -0.1) is 0 Å². The van der Waals surface area contributed by atoms with Crippen LogP contribution in [0.4, 0.5) is 0 Å². The molecule has 0 bridgehead atoms. The van der Waals surface area contributed by atoms with Crippen LogP contribution in [0.2, 0.25) is 0 Å². The fourth-order valence-corrected chi connectivity index (χ4v) is 2.48. The summed E-state index contributed by atoms with van der Waals surface area (Å²) >= 11 is 0. The minimum atomic E-state index is 0.610. The molecule has 0 aliphatic carbocycles. The summed E-state index contributed by atoms with van der Waals surface area (Å²) in [6, 6.07) is 17.6. The normalized spacial score (nSPS) is 10.8. The zero-order valence-electron chi connectivity index (χ0n) is 14.3. The van der Waals surface area contributed by atoms with Crippen LogP contribution in [0.5, 0.6) is 5.75 Å². The topological polar surface area (TPSA) is 60.7 Å². The molecule has 0 aliphatic heterocycles. The number of nitriles is 1. The molecule has 0 spiro atoms. The van der Waals surface area contributed by atoms with Gasteiger partial charge in [0.2, 0.25) is 0 Å². The molecule has 0 amide bonds. The summed E-state index contributed by atoms with van der Waals surface area (Å²) in [6.07, 6.45) is 0. The van der Waals surface area contributed by atoms with Gasteiger partial charge in [-0.25, -0.2) is 0 Å². The lowest BCUT2D eigenvalue weighted by Crippen LogP contribution is -2.38. The van der Waals surface area contributed by atoms with E-state index >= 15 is 0 Å². The molecule has 0 radical (unpaired) electrons. The smallest absolute Gasteiger partial charge is 0.193 e. The quantitative estimate of drug-likeness (QED) is 0.679. The van der Waals surface area contributed by atoms with Crippen LogP contribution in [-0.2, 0) is 13.1 Å². The summed E-state index contributed by atoms with van der Waals surface area (Å²) in [5, 5.41) is 12.3. The van der Waals surface area contributed by atoms with Crippen molar-refractivity contribution in [1.82, 2.24) is 10.2 Å². The molecule has 0 aromatic heterocycles. The highest BCUT2D eigenvalue weighted by molar-refractivity contribution is 5.79. The predicted octanol–water partition coefficient (Wildman–Crippen LogP) is 2.77. The maximum Gasteiger partial charge on any atom is 0.193 e. The molecule has 5 nitrogen and oxygen atoms in total. The van der Waals surface area contributed by atoms with E-state index in [4.69, 9.17) is 10.00 Å². The second-order valence-electron chi connectivity index (χ2n) is 5.38. The predicted molar refractivity (Wildman–Crippen MR) is 95.8 cm³/mol. The largest absolute Gasteiger partial charge is 0.496 e. The van der Waals surface area contributed by atoms with E-state index in [-0.39, 0.29) is 0 Å². The number of nitrogens with one attached hydrogen (secondary N) is 1. The van der Waals surface area contributed by atoms with Crippen molar-refractivity contribution in [2.45, 2.75) is 13.1 Å². The summed E-state index contributed by atoms with van der Waals surface area (Å²) in [7, 11) is 5.41. The number of rotatable bonds is 5. The van der Waals surface area contributed by atoms with Crippen molar-refractivity contribution < 1.29 is 4.74 Å². The average Bonchev–Trinajstić information content (AvgIpc) is 2.63. The van der Waals surface area contributed by atoms with Crippen molar-refractivity contribution in [1.29, 1.82) is 5.26 Å². The summed E-state index contributed by atoms with van der Waals surface area (Å²) in [6.45, 7) is 1.29. The molecule has 0 fully saturated rings. The lowest BCUT2D eigenvalue weighted by Gasteiger charge is -2.23. The van der Waals surface area contributed by atoms with E-state index in [9.17, 15) is 0 Å². The van der Waals surface area contributed by atoms with E-state index in [1.54, 1.807) is 20.2 Å². The van der Waals surface area contributed by atoms with E-state index in [1.807, 2.05) is 54.4 Å². The van der Waals surface area contributed by atoms with Crippen molar-refractivity contribution in [3.8, 4) is 11.8 Å². The maximum atomic E-state index is 8.97. The van der Waals surface area contributed by atoms with Gasteiger partial charge in [-0.1, -0.05) is 30.3 Å². The average molecular weight is 322 g/mol. The number of hydrogen-bond donors (Lipinski definition) is 1.